The maximum atomic E-state index is 2.69. The van der Waals surface area contributed by atoms with Gasteiger partial charge in [0.2, 0.25) is 0 Å². The van der Waals surface area contributed by atoms with Crippen molar-refractivity contribution >= 4 is 0 Å². The number of hydrogen-bond donors (Lipinski definition) is 0. The van der Waals surface area contributed by atoms with Gasteiger partial charge in [0.1, 0.15) is 0 Å². The maximum absolute atomic E-state index is 2.69. The number of nitrogens with zero attached hydrogens (tertiary/aromatic N) is 2. The molecule has 0 radical (unpaired) electrons. The van der Waals surface area contributed by atoms with E-state index in [0.29, 0.717) is 0 Å². The number of likely N-dealkylation sites (tertiary alicyclic amines) is 1. The predicted molar refractivity (Wildman–Crippen MR) is 65.2 cm³/mol. The van der Waals surface area contributed by atoms with Gasteiger partial charge in [0.15, 0.2) is 0 Å². The molecule has 0 N–H and O–H groups in total. The summed E-state index contributed by atoms with van der Waals surface area (Å²) in [5.74, 6) is 0. The Balaban J connectivity index is 1.78. The molecule has 2 fully saturated rings. The van der Waals surface area contributed by atoms with E-state index >= 15 is 0 Å². The van der Waals surface area contributed by atoms with E-state index in [2.05, 4.69) is 23.8 Å². The van der Waals surface area contributed by atoms with Gasteiger partial charge >= 0.3 is 0 Å². The Morgan fingerprint density at radius 3 is 2.07 bits per heavy atom. The van der Waals surface area contributed by atoms with E-state index in [4.69, 9.17) is 0 Å². The highest BCUT2D eigenvalue weighted by molar-refractivity contribution is 4.84. The Hall–Kier alpha value is -0.0800. The molecule has 88 valence electrons. The summed E-state index contributed by atoms with van der Waals surface area (Å²) in [6.45, 7) is 6.15. The van der Waals surface area contributed by atoms with Crippen molar-refractivity contribution in [1.29, 1.82) is 0 Å². The second-order valence-electron chi connectivity index (χ2n) is 5.27. The summed E-state index contributed by atoms with van der Waals surface area (Å²) in [6, 6.07) is 1.78. The van der Waals surface area contributed by atoms with E-state index in [1.54, 1.807) is 0 Å². The standard InChI is InChI=1S/C13H26N2/c1-3-15-10-8-13(9-11-15)14(2)12-6-4-5-7-12/h12-13H,3-11H2,1-2H3. The Kier molecular flexibility index (Phi) is 4.04. The highest BCUT2D eigenvalue weighted by Gasteiger charge is 2.27. The van der Waals surface area contributed by atoms with Crippen LogP contribution in [0.1, 0.15) is 45.4 Å². The summed E-state index contributed by atoms with van der Waals surface area (Å²) in [5.41, 5.74) is 0. The summed E-state index contributed by atoms with van der Waals surface area (Å²) in [4.78, 5) is 5.28. The topological polar surface area (TPSA) is 6.48 Å². The third-order valence-electron chi connectivity index (χ3n) is 4.48. The average Bonchev–Trinajstić information content (AvgIpc) is 2.82. The van der Waals surface area contributed by atoms with Crippen LogP contribution in [-0.4, -0.2) is 48.6 Å². The molecule has 0 spiro atoms. The summed E-state index contributed by atoms with van der Waals surface area (Å²) >= 11 is 0. The minimum atomic E-state index is 0.871. The number of hydrogen-bond acceptors (Lipinski definition) is 2. The summed E-state index contributed by atoms with van der Waals surface area (Å²) < 4.78 is 0. The molecule has 2 heteroatoms. The lowest BCUT2D eigenvalue weighted by Gasteiger charge is -2.39. The predicted octanol–water partition coefficient (Wildman–Crippen LogP) is 2.35. The molecule has 1 aliphatic heterocycles. The van der Waals surface area contributed by atoms with Crippen molar-refractivity contribution < 1.29 is 0 Å². The number of rotatable bonds is 3. The van der Waals surface area contributed by atoms with Crippen molar-refractivity contribution in [3.8, 4) is 0 Å². The van der Waals surface area contributed by atoms with Crippen LogP contribution in [0, 0.1) is 0 Å². The molecule has 0 unspecified atom stereocenters. The number of piperidine rings is 1. The van der Waals surface area contributed by atoms with Crippen LogP contribution in [0.5, 0.6) is 0 Å². The minimum Gasteiger partial charge on any atom is -0.303 e. The zero-order valence-corrected chi connectivity index (χ0v) is 10.4. The van der Waals surface area contributed by atoms with Crippen LogP contribution in [0.25, 0.3) is 0 Å². The van der Waals surface area contributed by atoms with Gasteiger partial charge < -0.3 is 9.80 Å². The van der Waals surface area contributed by atoms with Gasteiger partial charge in [0, 0.05) is 12.1 Å². The maximum Gasteiger partial charge on any atom is 0.0119 e. The second-order valence-corrected chi connectivity index (χ2v) is 5.27. The first-order chi connectivity index (χ1) is 7.31. The first kappa shape index (κ1) is 11.4. The van der Waals surface area contributed by atoms with E-state index in [9.17, 15) is 0 Å². The Labute approximate surface area is 94.6 Å². The van der Waals surface area contributed by atoms with E-state index in [-0.39, 0.29) is 0 Å². The second kappa shape index (κ2) is 5.31. The first-order valence-electron chi connectivity index (χ1n) is 6.75. The van der Waals surface area contributed by atoms with Gasteiger partial charge in [-0.2, -0.15) is 0 Å². The quantitative estimate of drug-likeness (QED) is 0.705. The average molecular weight is 210 g/mol. The van der Waals surface area contributed by atoms with Gasteiger partial charge in [-0.25, -0.2) is 0 Å². The molecule has 2 nitrogen and oxygen atoms in total. The molecule has 1 saturated heterocycles. The molecule has 1 aliphatic carbocycles. The summed E-state index contributed by atoms with van der Waals surface area (Å²) in [7, 11) is 2.36. The van der Waals surface area contributed by atoms with E-state index in [0.717, 1.165) is 12.1 Å². The highest BCUT2D eigenvalue weighted by Crippen LogP contribution is 2.26. The van der Waals surface area contributed by atoms with Crippen molar-refractivity contribution in [1.82, 2.24) is 9.80 Å². The Morgan fingerprint density at radius 1 is 1.00 bits per heavy atom. The van der Waals surface area contributed by atoms with Crippen LogP contribution < -0.4 is 0 Å². The van der Waals surface area contributed by atoms with Crippen LogP contribution in [0.3, 0.4) is 0 Å². The largest absolute Gasteiger partial charge is 0.303 e. The molecule has 15 heavy (non-hydrogen) atoms. The zero-order valence-electron chi connectivity index (χ0n) is 10.4. The van der Waals surface area contributed by atoms with Crippen LogP contribution in [0.15, 0.2) is 0 Å². The molecule has 1 saturated carbocycles. The molecule has 0 aromatic rings. The van der Waals surface area contributed by atoms with Crippen molar-refractivity contribution in [3.63, 3.8) is 0 Å². The summed E-state index contributed by atoms with van der Waals surface area (Å²) in [6.07, 6.45) is 8.60. The smallest absolute Gasteiger partial charge is 0.0119 e. The Bertz CT molecular complexity index is 179. The van der Waals surface area contributed by atoms with E-state index < -0.39 is 0 Å². The molecular weight excluding hydrogens is 184 g/mol. The molecule has 1 heterocycles. The SMILES string of the molecule is CCN1CCC(N(C)C2CCCC2)CC1. The third kappa shape index (κ3) is 2.73. The molecular formula is C13H26N2. The third-order valence-corrected chi connectivity index (χ3v) is 4.48. The Morgan fingerprint density at radius 2 is 1.53 bits per heavy atom. The molecule has 0 atom stereocenters. The van der Waals surface area contributed by atoms with Gasteiger partial charge in [-0.3, -0.25) is 0 Å². The van der Waals surface area contributed by atoms with Gasteiger partial charge in [-0.15, -0.1) is 0 Å². The lowest BCUT2D eigenvalue weighted by Crippen LogP contribution is -2.46. The zero-order chi connectivity index (χ0) is 10.7. The van der Waals surface area contributed by atoms with Crippen LogP contribution in [0.2, 0.25) is 0 Å². The van der Waals surface area contributed by atoms with Gasteiger partial charge in [-0.05, 0) is 52.4 Å². The van der Waals surface area contributed by atoms with Crippen molar-refractivity contribution in [2.75, 3.05) is 26.7 Å². The molecule has 0 aromatic heterocycles. The van der Waals surface area contributed by atoms with Crippen molar-refractivity contribution in [3.05, 3.63) is 0 Å². The highest BCUT2D eigenvalue weighted by atomic mass is 15.2. The van der Waals surface area contributed by atoms with E-state index in [1.165, 1.54) is 58.2 Å². The molecule has 0 aromatic carbocycles. The monoisotopic (exact) mass is 210 g/mol. The lowest BCUT2D eigenvalue weighted by molar-refractivity contribution is 0.100. The molecule has 0 amide bonds. The van der Waals surface area contributed by atoms with Gasteiger partial charge in [-0.1, -0.05) is 19.8 Å². The molecule has 2 rings (SSSR count). The fraction of sp³-hybridized carbons (Fsp3) is 1.00. The molecule has 2 aliphatic rings. The van der Waals surface area contributed by atoms with Crippen LogP contribution in [0.4, 0.5) is 0 Å². The van der Waals surface area contributed by atoms with Crippen LogP contribution in [-0.2, 0) is 0 Å². The van der Waals surface area contributed by atoms with Crippen molar-refractivity contribution in [2.45, 2.75) is 57.5 Å². The van der Waals surface area contributed by atoms with Gasteiger partial charge in [0.05, 0.1) is 0 Å². The van der Waals surface area contributed by atoms with Crippen LogP contribution >= 0.6 is 0 Å². The van der Waals surface area contributed by atoms with Crippen molar-refractivity contribution in [2.24, 2.45) is 0 Å². The summed E-state index contributed by atoms with van der Waals surface area (Å²) in [5, 5.41) is 0. The fourth-order valence-corrected chi connectivity index (χ4v) is 3.25. The fourth-order valence-electron chi connectivity index (χ4n) is 3.25. The lowest BCUT2D eigenvalue weighted by atomic mass is 10.0. The molecule has 0 bridgehead atoms. The minimum absolute atomic E-state index is 0.871. The van der Waals surface area contributed by atoms with E-state index in [1.807, 2.05) is 0 Å². The normalized spacial score (nSPS) is 26.6. The van der Waals surface area contributed by atoms with Gasteiger partial charge in [0.25, 0.3) is 0 Å². The first-order valence-corrected chi connectivity index (χ1v) is 6.75.